The molecule has 0 aliphatic carbocycles. The summed E-state index contributed by atoms with van der Waals surface area (Å²) in [5.74, 6) is -0.833. The van der Waals surface area contributed by atoms with Crippen molar-refractivity contribution in [1.29, 1.82) is 0 Å². The fourth-order valence-corrected chi connectivity index (χ4v) is 4.86. The predicted molar refractivity (Wildman–Crippen MR) is 120 cm³/mol. The summed E-state index contributed by atoms with van der Waals surface area (Å²) in [7, 11) is -4.15. The van der Waals surface area contributed by atoms with Gasteiger partial charge < -0.3 is 5.32 Å². The quantitative estimate of drug-likeness (QED) is 0.414. The number of halogens is 5. The third-order valence-corrected chi connectivity index (χ3v) is 6.88. The molecule has 168 valence electrons. The van der Waals surface area contributed by atoms with E-state index in [0.29, 0.717) is 10.5 Å². The molecule has 11 heteroatoms. The van der Waals surface area contributed by atoms with Crippen molar-refractivity contribution < 1.29 is 26.4 Å². The number of hydrogen-bond donors (Lipinski definition) is 1. The Morgan fingerprint density at radius 1 is 1.00 bits per heavy atom. The minimum atomic E-state index is -4.71. The lowest BCUT2D eigenvalue weighted by Crippen LogP contribution is -2.38. The van der Waals surface area contributed by atoms with E-state index in [-0.39, 0.29) is 16.3 Å². The molecule has 0 bridgehead atoms. The molecule has 0 heterocycles. The standard InChI is InChI=1S/C21H15BrClF3N2O3S/c22-14-5-4-6-16(11-14)28(32(30,31)17-7-2-1-3-8-17)13-20(29)27-15-9-10-19(23)18(12-15)21(24,25)26/h1-12H,13H2,(H,27,29). The summed E-state index contributed by atoms with van der Waals surface area (Å²) in [6.45, 7) is -0.669. The number of benzene rings is 3. The van der Waals surface area contributed by atoms with Crippen LogP contribution in [0.1, 0.15) is 5.56 Å². The largest absolute Gasteiger partial charge is 0.417 e. The molecule has 3 rings (SSSR count). The van der Waals surface area contributed by atoms with Crippen LogP contribution < -0.4 is 9.62 Å². The van der Waals surface area contributed by atoms with E-state index in [2.05, 4.69) is 21.2 Å². The monoisotopic (exact) mass is 546 g/mol. The molecule has 0 atom stereocenters. The van der Waals surface area contributed by atoms with Gasteiger partial charge in [-0.2, -0.15) is 13.2 Å². The van der Waals surface area contributed by atoms with Crippen LogP contribution in [0.5, 0.6) is 0 Å². The number of anilines is 2. The maximum absolute atomic E-state index is 13.2. The third-order valence-electron chi connectivity index (χ3n) is 4.27. The summed E-state index contributed by atoms with van der Waals surface area (Å²) in [5.41, 5.74) is -1.08. The lowest BCUT2D eigenvalue weighted by molar-refractivity contribution is -0.137. The molecule has 3 aromatic rings. The molecule has 0 aliphatic heterocycles. The first kappa shape index (κ1) is 24.1. The van der Waals surface area contributed by atoms with Crippen molar-refractivity contribution in [3.05, 3.63) is 87.9 Å². The van der Waals surface area contributed by atoms with Gasteiger partial charge in [0.15, 0.2) is 0 Å². The van der Waals surface area contributed by atoms with Crippen molar-refractivity contribution in [1.82, 2.24) is 0 Å². The van der Waals surface area contributed by atoms with Gasteiger partial charge in [-0.1, -0.05) is 51.8 Å². The molecule has 32 heavy (non-hydrogen) atoms. The van der Waals surface area contributed by atoms with Crippen molar-refractivity contribution in [2.75, 3.05) is 16.2 Å². The number of carbonyl (C=O) groups excluding carboxylic acids is 1. The van der Waals surface area contributed by atoms with E-state index in [9.17, 15) is 26.4 Å². The number of nitrogens with zero attached hydrogens (tertiary/aromatic N) is 1. The first-order valence-corrected chi connectivity index (χ1v) is 11.6. The lowest BCUT2D eigenvalue weighted by atomic mass is 10.2. The van der Waals surface area contributed by atoms with Gasteiger partial charge in [-0.15, -0.1) is 0 Å². The number of alkyl halides is 3. The van der Waals surface area contributed by atoms with Crippen LogP contribution in [0.15, 0.2) is 82.2 Å². The molecule has 0 unspecified atom stereocenters. The number of hydrogen-bond acceptors (Lipinski definition) is 3. The van der Waals surface area contributed by atoms with Gasteiger partial charge >= 0.3 is 6.18 Å². The Bertz CT molecular complexity index is 1240. The molecule has 0 radical (unpaired) electrons. The zero-order valence-electron chi connectivity index (χ0n) is 16.1. The van der Waals surface area contributed by atoms with Gasteiger partial charge in [-0.05, 0) is 48.5 Å². The SMILES string of the molecule is O=C(CN(c1cccc(Br)c1)S(=O)(=O)c1ccccc1)Nc1ccc(Cl)c(C(F)(F)F)c1. The molecule has 0 spiro atoms. The summed E-state index contributed by atoms with van der Waals surface area (Å²) in [5, 5.41) is 1.79. The lowest BCUT2D eigenvalue weighted by Gasteiger charge is -2.24. The third kappa shape index (κ3) is 5.62. The smallest absolute Gasteiger partial charge is 0.324 e. The van der Waals surface area contributed by atoms with Crippen LogP contribution in [0.25, 0.3) is 0 Å². The van der Waals surface area contributed by atoms with E-state index in [1.807, 2.05) is 0 Å². The van der Waals surface area contributed by atoms with Crippen LogP contribution in [-0.4, -0.2) is 20.9 Å². The van der Waals surface area contributed by atoms with Crippen LogP contribution in [0, 0.1) is 0 Å². The van der Waals surface area contributed by atoms with Crippen molar-refractivity contribution in [3.8, 4) is 0 Å². The van der Waals surface area contributed by atoms with Gasteiger partial charge in [-0.3, -0.25) is 9.10 Å². The second-order valence-corrected chi connectivity index (χ2v) is 9.73. The molecule has 1 N–H and O–H groups in total. The Morgan fingerprint density at radius 3 is 2.31 bits per heavy atom. The van der Waals surface area contributed by atoms with E-state index in [1.54, 1.807) is 30.3 Å². The zero-order chi connectivity index (χ0) is 23.5. The van der Waals surface area contributed by atoms with Gasteiger partial charge in [0.25, 0.3) is 10.0 Å². The van der Waals surface area contributed by atoms with Crippen LogP contribution >= 0.6 is 27.5 Å². The number of carbonyl (C=O) groups is 1. The normalized spacial score (nSPS) is 11.8. The second-order valence-electron chi connectivity index (χ2n) is 6.55. The molecule has 5 nitrogen and oxygen atoms in total. The van der Waals surface area contributed by atoms with Gasteiger partial charge in [0, 0.05) is 10.2 Å². The molecule has 0 aliphatic rings. The Balaban J connectivity index is 1.93. The highest BCUT2D eigenvalue weighted by Crippen LogP contribution is 2.36. The maximum Gasteiger partial charge on any atom is 0.417 e. The minimum absolute atomic E-state index is 0.0429. The molecule has 0 saturated heterocycles. The summed E-state index contributed by atoms with van der Waals surface area (Å²) < 4.78 is 67.2. The van der Waals surface area contributed by atoms with Crippen molar-refractivity contribution >= 4 is 54.8 Å². The number of amides is 1. The number of sulfonamides is 1. The topological polar surface area (TPSA) is 66.5 Å². The summed E-state index contributed by atoms with van der Waals surface area (Å²) in [6, 6.07) is 16.7. The molecular weight excluding hydrogens is 533 g/mol. The van der Waals surface area contributed by atoms with Crippen LogP contribution in [0.3, 0.4) is 0 Å². The fraction of sp³-hybridized carbons (Fsp3) is 0.0952. The summed E-state index contributed by atoms with van der Waals surface area (Å²) in [6.07, 6.45) is -4.71. The average Bonchev–Trinajstić information content (AvgIpc) is 2.73. The highest BCUT2D eigenvalue weighted by molar-refractivity contribution is 9.10. The van der Waals surface area contributed by atoms with E-state index >= 15 is 0 Å². The van der Waals surface area contributed by atoms with E-state index in [0.717, 1.165) is 10.4 Å². The molecule has 3 aromatic carbocycles. The second kappa shape index (κ2) is 9.51. The number of rotatable bonds is 6. The molecule has 0 saturated carbocycles. The van der Waals surface area contributed by atoms with Crippen LogP contribution in [-0.2, 0) is 21.0 Å². The van der Waals surface area contributed by atoms with Crippen LogP contribution in [0.4, 0.5) is 24.5 Å². The fourth-order valence-electron chi connectivity index (χ4n) is 2.82. The van der Waals surface area contributed by atoms with Gasteiger partial charge in [0.05, 0.1) is 21.2 Å². The maximum atomic E-state index is 13.2. The molecule has 0 fully saturated rings. The Kier molecular flexibility index (Phi) is 7.16. The molecular formula is C21H15BrClF3N2O3S. The summed E-state index contributed by atoms with van der Waals surface area (Å²) >= 11 is 8.87. The minimum Gasteiger partial charge on any atom is -0.324 e. The van der Waals surface area contributed by atoms with E-state index in [4.69, 9.17) is 11.6 Å². The number of nitrogens with one attached hydrogen (secondary N) is 1. The summed E-state index contributed by atoms with van der Waals surface area (Å²) in [4.78, 5) is 12.6. The zero-order valence-corrected chi connectivity index (χ0v) is 19.3. The first-order chi connectivity index (χ1) is 15.0. The van der Waals surface area contributed by atoms with Gasteiger partial charge in [0.1, 0.15) is 6.54 Å². The van der Waals surface area contributed by atoms with Crippen molar-refractivity contribution in [2.45, 2.75) is 11.1 Å². The van der Waals surface area contributed by atoms with E-state index in [1.165, 1.54) is 30.3 Å². The predicted octanol–water partition coefficient (Wildman–Crippen LogP) is 5.96. The Hall–Kier alpha value is -2.56. The molecule has 0 aromatic heterocycles. The van der Waals surface area contributed by atoms with Gasteiger partial charge in [-0.25, -0.2) is 8.42 Å². The highest BCUT2D eigenvalue weighted by atomic mass is 79.9. The van der Waals surface area contributed by atoms with Crippen molar-refractivity contribution in [2.24, 2.45) is 0 Å². The Labute approximate surface area is 196 Å². The first-order valence-electron chi connectivity index (χ1n) is 8.98. The average molecular weight is 548 g/mol. The van der Waals surface area contributed by atoms with E-state index < -0.39 is 39.2 Å². The highest BCUT2D eigenvalue weighted by Gasteiger charge is 2.33. The van der Waals surface area contributed by atoms with Crippen LogP contribution in [0.2, 0.25) is 5.02 Å². The molecule has 1 amide bonds. The van der Waals surface area contributed by atoms with Crippen molar-refractivity contribution in [3.63, 3.8) is 0 Å². The Morgan fingerprint density at radius 2 is 1.69 bits per heavy atom. The van der Waals surface area contributed by atoms with Gasteiger partial charge in [0.2, 0.25) is 5.91 Å².